The molecule has 1 aliphatic rings. The van der Waals surface area contributed by atoms with Crippen LogP contribution in [0.3, 0.4) is 0 Å². The number of ether oxygens (including phenoxy) is 2. The highest BCUT2D eigenvalue weighted by molar-refractivity contribution is 7.99. The molecule has 0 saturated heterocycles. The molecule has 0 atom stereocenters. The zero-order chi connectivity index (χ0) is 30.7. The molecule has 10 nitrogen and oxygen atoms in total. The van der Waals surface area contributed by atoms with Gasteiger partial charge in [0.15, 0.2) is 17.6 Å². The number of para-hydroxylation sites is 1. The lowest BCUT2D eigenvalue weighted by Gasteiger charge is -2.12. The van der Waals surface area contributed by atoms with Crippen LogP contribution in [-0.2, 0) is 40.3 Å². The number of aryl methyl sites for hydroxylation is 1. The Labute approximate surface area is 264 Å². The van der Waals surface area contributed by atoms with Crippen molar-refractivity contribution in [3.8, 4) is 5.75 Å². The molecule has 0 spiro atoms. The summed E-state index contributed by atoms with van der Waals surface area (Å²) >= 11 is 2.72. The molecule has 2 aromatic carbocycles. The number of amides is 2. The lowest BCUT2D eigenvalue weighted by molar-refractivity contribution is -0.123. The van der Waals surface area contributed by atoms with E-state index < -0.39 is 5.97 Å². The van der Waals surface area contributed by atoms with Crippen LogP contribution in [-0.4, -0.2) is 51.5 Å². The van der Waals surface area contributed by atoms with Crippen molar-refractivity contribution in [2.45, 2.75) is 57.3 Å². The molecule has 44 heavy (non-hydrogen) atoms. The molecule has 2 heterocycles. The predicted octanol–water partition coefficient (Wildman–Crippen LogP) is 5.26. The molecular formula is C32H35N5O5S2. The molecule has 0 saturated carbocycles. The summed E-state index contributed by atoms with van der Waals surface area (Å²) in [5.41, 5.74) is 2.53. The normalized spacial score (nSPS) is 12.6. The summed E-state index contributed by atoms with van der Waals surface area (Å²) in [6.07, 6.45) is 4.92. The van der Waals surface area contributed by atoms with Crippen LogP contribution < -0.4 is 15.4 Å². The summed E-state index contributed by atoms with van der Waals surface area (Å²) in [6.45, 7) is 2.54. The van der Waals surface area contributed by atoms with E-state index in [0.717, 1.165) is 48.1 Å². The standard InChI is InChI=1S/C32H35N5O5S2/c1-2-41-31(40)29-24-16-10-5-11-17-25(24)44-30(29)34-28(39)21-43-32-36-35-26(37(32)19-22-12-6-3-7-13-22)18-33-27(38)20-42-23-14-8-4-9-15-23/h3-4,6-9,12-15H,2,5,10-11,16-21H2,1H3,(H,33,38)(H,34,39). The average molecular weight is 634 g/mol. The number of carbonyl (C=O) groups excluding carboxylic acids is 3. The van der Waals surface area contributed by atoms with Gasteiger partial charge in [-0.3, -0.25) is 9.59 Å². The van der Waals surface area contributed by atoms with Crippen molar-refractivity contribution >= 4 is 45.9 Å². The predicted molar refractivity (Wildman–Crippen MR) is 170 cm³/mol. The molecule has 1 aliphatic carbocycles. The van der Waals surface area contributed by atoms with Crippen LogP contribution >= 0.6 is 23.1 Å². The molecule has 2 N–H and O–H groups in total. The number of anilines is 1. The Kier molecular flexibility index (Phi) is 11.0. The SMILES string of the molecule is CCOC(=O)c1c(NC(=O)CSc2nnc(CNC(=O)COc3ccccc3)n2Cc2ccccc2)sc2c1CCCCC2. The van der Waals surface area contributed by atoms with Gasteiger partial charge in [0, 0.05) is 4.88 Å². The van der Waals surface area contributed by atoms with Crippen molar-refractivity contribution in [3.05, 3.63) is 88.1 Å². The maximum Gasteiger partial charge on any atom is 0.341 e. The second-order valence-electron chi connectivity index (χ2n) is 10.2. The van der Waals surface area contributed by atoms with Crippen molar-refractivity contribution in [1.29, 1.82) is 0 Å². The van der Waals surface area contributed by atoms with Crippen molar-refractivity contribution in [1.82, 2.24) is 20.1 Å². The molecule has 230 valence electrons. The maximum atomic E-state index is 13.2. The molecule has 0 unspecified atom stereocenters. The van der Waals surface area contributed by atoms with E-state index in [1.165, 1.54) is 23.1 Å². The molecule has 4 aromatic rings. The highest BCUT2D eigenvalue weighted by Gasteiger charge is 2.27. The number of thiophene rings is 1. The fourth-order valence-corrected chi connectivity index (χ4v) is 6.97. The molecule has 2 amide bonds. The topological polar surface area (TPSA) is 124 Å². The van der Waals surface area contributed by atoms with Gasteiger partial charge in [-0.25, -0.2) is 4.79 Å². The first-order valence-corrected chi connectivity index (χ1v) is 16.5. The van der Waals surface area contributed by atoms with Crippen LogP contribution in [0.15, 0.2) is 65.8 Å². The van der Waals surface area contributed by atoms with Crippen molar-refractivity contribution in [2.24, 2.45) is 0 Å². The number of esters is 1. The van der Waals surface area contributed by atoms with E-state index in [9.17, 15) is 14.4 Å². The van der Waals surface area contributed by atoms with E-state index in [2.05, 4.69) is 20.8 Å². The fraction of sp³-hybridized carbons (Fsp3) is 0.344. The zero-order valence-corrected chi connectivity index (χ0v) is 26.2. The molecular weight excluding hydrogens is 599 g/mol. The van der Waals surface area contributed by atoms with E-state index in [-0.39, 0.29) is 37.3 Å². The molecule has 0 bridgehead atoms. The van der Waals surface area contributed by atoms with Crippen molar-refractivity contribution in [3.63, 3.8) is 0 Å². The number of nitrogens with one attached hydrogen (secondary N) is 2. The number of thioether (sulfide) groups is 1. The number of rotatable bonds is 13. The van der Waals surface area contributed by atoms with Crippen LogP contribution in [0.4, 0.5) is 5.00 Å². The van der Waals surface area contributed by atoms with Gasteiger partial charge in [-0.2, -0.15) is 0 Å². The second kappa shape index (κ2) is 15.5. The number of nitrogens with zero attached hydrogens (tertiary/aromatic N) is 3. The third kappa shape index (κ3) is 8.26. The summed E-state index contributed by atoms with van der Waals surface area (Å²) in [6, 6.07) is 19.0. The van der Waals surface area contributed by atoms with Crippen LogP contribution in [0.25, 0.3) is 0 Å². The quantitative estimate of drug-likeness (QED) is 0.116. The number of hydrogen-bond acceptors (Lipinski definition) is 9. The van der Waals surface area contributed by atoms with Crippen LogP contribution in [0.2, 0.25) is 0 Å². The highest BCUT2D eigenvalue weighted by Crippen LogP contribution is 2.38. The molecule has 5 rings (SSSR count). The third-order valence-electron chi connectivity index (χ3n) is 7.02. The molecule has 2 aromatic heterocycles. The largest absolute Gasteiger partial charge is 0.484 e. The minimum atomic E-state index is -0.390. The monoisotopic (exact) mass is 633 g/mol. The molecule has 0 fully saturated rings. The average Bonchev–Trinajstić information content (AvgIpc) is 3.49. The van der Waals surface area contributed by atoms with Gasteiger partial charge in [0.25, 0.3) is 5.91 Å². The Morgan fingerprint density at radius 1 is 0.955 bits per heavy atom. The molecule has 12 heteroatoms. The van der Waals surface area contributed by atoms with Crippen molar-refractivity contribution in [2.75, 3.05) is 24.3 Å². The minimum Gasteiger partial charge on any atom is -0.484 e. The van der Waals surface area contributed by atoms with Gasteiger partial charge in [0.05, 0.1) is 31.0 Å². The van der Waals surface area contributed by atoms with Gasteiger partial charge in [0.2, 0.25) is 5.91 Å². The number of hydrogen-bond donors (Lipinski definition) is 2. The molecule has 0 radical (unpaired) electrons. The Morgan fingerprint density at radius 2 is 1.70 bits per heavy atom. The summed E-state index contributed by atoms with van der Waals surface area (Å²) in [4.78, 5) is 39.7. The lowest BCUT2D eigenvalue weighted by atomic mass is 10.1. The second-order valence-corrected chi connectivity index (χ2v) is 12.2. The van der Waals surface area contributed by atoms with Gasteiger partial charge >= 0.3 is 5.97 Å². The Balaban J connectivity index is 1.26. The first kappa shape index (κ1) is 31.3. The van der Waals surface area contributed by atoms with Crippen molar-refractivity contribution < 1.29 is 23.9 Å². The number of fused-ring (bicyclic) bond motifs is 1. The number of benzene rings is 2. The van der Waals surface area contributed by atoms with Crippen LogP contribution in [0.5, 0.6) is 5.75 Å². The summed E-state index contributed by atoms with van der Waals surface area (Å²) in [7, 11) is 0. The first-order valence-electron chi connectivity index (χ1n) is 14.7. The molecule has 0 aliphatic heterocycles. The van der Waals surface area contributed by atoms with E-state index in [1.807, 2.05) is 53.1 Å². The lowest BCUT2D eigenvalue weighted by Crippen LogP contribution is -2.29. The third-order valence-corrected chi connectivity index (χ3v) is 9.19. The first-order chi connectivity index (χ1) is 21.5. The zero-order valence-electron chi connectivity index (χ0n) is 24.5. The fourth-order valence-electron chi connectivity index (χ4n) is 4.92. The maximum absolute atomic E-state index is 13.2. The highest BCUT2D eigenvalue weighted by atomic mass is 32.2. The van der Waals surface area contributed by atoms with Crippen LogP contribution in [0, 0.1) is 0 Å². The Hall–Kier alpha value is -4.16. The van der Waals surface area contributed by atoms with E-state index in [0.29, 0.717) is 33.8 Å². The minimum absolute atomic E-state index is 0.0645. The summed E-state index contributed by atoms with van der Waals surface area (Å²) in [5, 5.41) is 15.6. The number of carbonyl (C=O) groups is 3. The van der Waals surface area contributed by atoms with Gasteiger partial charge < -0.3 is 24.7 Å². The number of aromatic nitrogens is 3. The Bertz CT molecular complexity index is 1570. The van der Waals surface area contributed by atoms with Gasteiger partial charge in [0.1, 0.15) is 10.8 Å². The van der Waals surface area contributed by atoms with Gasteiger partial charge in [-0.15, -0.1) is 21.5 Å². The van der Waals surface area contributed by atoms with Crippen LogP contribution in [0.1, 0.15) is 58.4 Å². The van der Waals surface area contributed by atoms with E-state index in [4.69, 9.17) is 9.47 Å². The van der Waals surface area contributed by atoms with E-state index >= 15 is 0 Å². The smallest absolute Gasteiger partial charge is 0.341 e. The van der Waals surface area contributed by atoms with Gasteiger partial charge in [-0.1, -0.05) is 66.7 Å². The Morgan fingerprint density at radius 3 is 2.48 bits per heavy atom. The summed E-state index contributed by atoms with van der Waals surface area (Å²) in [5.74, 6) is 0.298. The van der Waals surface area contributed by atoms with E-state index in [1.54, 1.807) is 19.1 Å². The van der Waals surface area contributed by atoms with Gasteiger partial charge in [-0.05, 0) is 55.9 Å². The summed E-state index contributed by atoms with van der Waals surface area (Å²) < 4.78 is 12.8.